The number of aryl methyl sites for hydroxylation is 1. The predicted octanol–water partition coefficient (Wildman–Crippen LogP) is 3.64. The van der Waals surface area contributed by atoms with Gasteiger partial charge in [0.05, 0.1) is 18.5 Å². The van der Waals surface area contributed by atoms with E-state index >= 15 is 0 Å². The Labute approximate surface area is 207 Å². The van der Waals surface area contributed by atoms with Crippen LogP contribution in [0, 0.1) is 12.7 Å². The van der Waals surface area contributed by atoms with Crippen molar-refractivity contribution in [3.8, 4) is 11.5 Å². The molecule has 3 aromatic rings. The van der Waals surface area contributed by atoms with Crippen LogP contribution in [0.3, 0.4) is 0 Å². The Morgan fingerprint density at radius 2 is 1.67 bits per heavy atom. The van der Waals surface area contributed by atoms with E-state index in [4.69, 9.17) is 9.47 Å². The Bertz CT molecular complexity index is 1260. The van der Waals surface area contributed by atoms with E-state index in [0.29, 0.717) is 29.4 Å². The van der Waals surface area contributed by atoms with Gasteiger partial charge in [-0.3, -0.25) is 14.4 Å². The lowest BCUT2D eigenvalue weighted by Gasteiger charge is -2.12. The molecule has 0 fully saturated rings. The second kappa shape index (κ2) is 12.7. The molecule has 0 radical (unpaired) electrons. The number of carbonyl (C=O) groups is 3. The summed E-state index contributed by atoms with van der Waals surface area (Å²) >= 11 is 0. The number of halogens is 1. The zero-order valence-corrected chi connectivity index (χ0v) is 19.7. The molecule has 0 spiro atoms. The number of ether oxygens (including phenoxy) is 2. The zero-order chi connectivity index (χ0) is 25.9. The van der Waals surface area contributed by atoms with E-state index in [0.717, 1.165) is 11.6 Å². The molecule has 0 aliphatic heterocycles. The average Bonchev–Trinajstić information content (AvgIpc) is 2.86. The predicted molar refractivity (Wildman–Crippen MR) is 134 cm³/mol. The van der Waals surface area contributed by atoms with Crippen molar-refractivity contribution in [2.45, 2.75) is 13.8 Å². The fourth-order valence-corrected chi connectivity index (χ4v) is 2.93. The van der Waals surface area contributed by atoms with Crippen LogP contribution in [-0.2, 0) is 14.4 Å². The third-order valence-electron chi connectivity index (χ3n) is 4.67. The molecule has 0 saturated heterocycles. The molecular formula is C26H25FN4O5. The second-order valence-electron chi connectivity index (χ2n) is 7.48. The highest BCUT2D eigenvalue weighted by atomic mass is 19.1. The zero-order valence-electron chi connectivity index (χ0n) is 19.7. The van der Waals surface area contributed by atoms with Crippen LogP contribution < -0.4 is 25.5 Å². The average molecular weight is 493 g/mol. The summed E-state index contributed by atoms with van der Waals surface area (Å²) in [6.07, 6.45) is 1.30. The topological polar surface area (TPSA) is 118 Å². The summed E-state index contributed by atoms with van der Waals surface area (Å²) in [5.41, 5.74) is 4.23. The number of carbonyl (C=O) groups excluding carboxylic acids is 3. The summed E-state index contributed by atoms with van der Waals surface area (Å²) < 4.78 is 24.8. The first-order valence-electron chi connectivity index (χ1n) is 11.0. The molecule has 0 bridgehead atoms. The molecule has 0 aliphatic carbocycles. The molecular weight excluding hydrogens is 467 g/mol. The summed E-state index contributed by atoms with van der Waals surface area (Å²) in [7, 11) is 0. The van der Waals surface area contributed by atoms with Crippen molar-refractivity contribution in [3.05, 3.63) is 83.7 Å². The number of rotatable bonds is 9. The SMILES string of the molecule is CCOc1cc(/C=N\NC(=O)C(=O)Nc2ccccc2F)ccc1OCC(=O)Nc1ccc(C)cc1. The number of benzene rings is 3. The van der Waals surface area contributed by atoms with Crippen molar-refractivity contribution in [1.29, 1.82) is 0 Å². The first-order valence-corrected chi connectivity index (χ1v) is 11.0. The van der Waals surface area contributed by atoms with Crippen LogP contribution in [0.1, 0.15) is 18.1 Å². The van der Waals surface area contributed by atoms with Crippen molar-refractivity contribution in [3.63, 3.8) is 0 Å². The maximum Gasteiger partial charge on any atom is 0.329 e. The Balaban J connectivity index is 1.56. The Kier molecular flexibility index (Phi) is 9.10. The molecule has 186 valence electrons. The van der Waals surface area contributed by atoms with Gasteiger partial charge < -0.3 is 20.1 Å². The molecule has 3 rings (SSSR count). The Hall–Kier alpha value is -4.73. The molecule has 0 unspecified atom stereocenters. The summed E-state index contributed by atoms with van der Waals surface area (Å²) in [6, 6.07) is 17.7. The minimum absolute atomic E-state index is 0.119. The number of nitrogens with one attached hydrogen (secondary N) is 3. The van der Waals surface area contributed by atoms with Crippen molar-refractivity contribution < 1.29 is 28.2 Å². The number of amides is 3. The van der Waals surface area contributed by atoms with Gasteiger partial charge in [-0.15, -0.1) is 0 Å². The fourth-order valence-electron chi connectivity index (χ4n) is 2.93. The van der Waals surface area contributed by atoms with E-state index in [1.54, 1.807) is 37.3 Å². The highest BCUT2D eigenvalue weighted by Gasteiger charge is 2.15. The van der Waals surface area contributed by atoms with E-state index in [-0.39, 0.29) is 18.2 Å². The Morgan fingerprint density at radius 3 is 2.39 bits per heavy atom. The second-order valence-corrected chi connectivity index (χ2v) is 7.48. The molecule has 3 amide bonds. The van der Waals surface area contributed by atoms with E-state index in [2.05, 4.69) is 21.2 Å². The normalized spacial score (nSPS) is 10.5. The van der Waals surface area contributed by atoms with Crippen LogP contribution in [0.2, 0.25) is 0 Å². The number of anilines is 2. The van der Waals surface area contributed by atoms with E-state index < -0.39 is 17.6 Å². The first-order chi connectivity index (χ1) is 17.4. The third kappa shape index (κ3) is 7.66. The third-order valence-corrected chi connectivity index (χ3v) is 4.67. The quantitative estimate of drug-likeness (QED) is 0.240. The molecule has 0 aromatic heterocycles. The largest absolute Gasteiger partial charge is 0.490 e. The van der Waals surface area contributed by atoms with Crippen LogP contribution in [0.25, 0.3) is 0 Å². The fraction of sp³-hybridized carbons (Fsp3) is 0.154. The molecule has 36 heavy (non-hydrogen) atoms. The van der Waals surface area contributed by atoms with Crippen molar-refractivity contribution in [2.24, 2.45) is 5.10 Å². The van der Waals surface area contributed by atoms with Gasteiger partial charge >= 0.3 is 11.8 Å². The lowest BCUT2D eigenvalue weighted by atomic mass is 10.2. The molecule has 0 aliphatic rings. The highest BCUT2D eigenvalue weighted by molar-refractivity contribution is 6.39. The smallest absolute Gasteiger partial charge is 0.329 e. The molecule has 0 atom stereocenters. The van der Waals surface area contributed by atoms with Gasteiger partial charge in [0.1, 0.15) is 5.82 Å². The molecule has 3 N–H and O–H groups in total. The lowest BCUT2D eigenvalue weighted by Crippen LogP contribution is -2.32. The maximum atomic E-state index is 13.6. The van der Waals surface area contributed by atoms with Crippen LogP contribution >= 0.6 is 0 Å². The van der Waals surface area contributed by atoms with Gasteiger partial charge in [-0.1, -0.05) is 29.8 Å². The van der Waals surface area contributed by atoms with Crippen LogP contribution in [0.4, 0.5) is 15.8 Å². The van der Waals surface area contributed by atoms with Crippen LogP contribution in [0.15, 0.2) is 71.8 Å². The molecule has 3 aromatic carbocycles. The standard InChI is InChI=1S/C26H25FN4O5/c1-3-35-23-14-18(15-28-31-26(34)25(33)30-21-7-5-4-6-20(21)27)10-13-22(23)36-16-24(32)29-19-11-8-17(2)9-12-19/h4-15H,3,16H2,1-2H3,(H,29,32)(H,30,33)(H,31,34)/b28-15-. The van der Waals surface area contributed by atoms with E-state index in [1.165, 1.54) is 24.4 Å². The number of hydrazone groups is 1. The number of hydrogen-bond acceptors (Lipinski definition) is 6. The van der Waals surface area contributed by atoms with Gasteiger partial charge in [-0.25, -0.2) is 9.82 Å². The van der Waals surface area contributed by atoms with Crippen LogP contribution in [-0.4, -0.2) is 37.1 Å². The van der Waals surface area contributed by atoms with Gasteiger partial charge in [0.25, 0.3) is 5.91 Å². The van der Waals surface area contributed by atoms with Gasteiger partial charge in [-0.2, -0.15) is 5.10 Å². The number of para-hydroxylation sites is 1. The molecule has 0 saturated carbocycles. The summed E-state index contributed by atoms with van der Waals surface area (Å²) in [6.45, 7) is 3.87. The minimum Gasteiger partial charge on any atom is -0.490 e. The lowest BCUT2D eigenvalue weighted by molar-refractivity contribution is -0.136. The number of hydrogen-bond donors (Lipinski definition) is 3. The molecule has 10 heteroatoms. The highest BCUT2D eigenvalue weighted by Crippen LogP contribution is 2.28. The summed E-state index contributed by atoms with van der Waals surface area (Å²) in [4.78, 5) is 36.1. The Morgan fingerprint density at radius 1 is 0.917 bits per heavy atom. The van der Waals surface area contributed by atoms with Gasteiger partial charge in [-0.05, 0) is 61.9 Å². The van der Waals surface area contributed by atoms with Crippen molar-refractivity contribution in [1.82, 2.24) is 5.43 Å². The van der Waals surface area contributed by atoms with E-state index in [1.807, 2.05) is 19.1 Å². The molecule has 9 nitrogen and oxygen atoms in total. The van der Waals surface area contributed by atoms with Gasteiger partial charge in [0, 0.05) is 5.69 Å². The first kappa shape index (κ1) is 25.9. The van der Waals surface area contributed by atoms with Crippen LogP contribution in [0.5, 0.6) is 11.5 Å². The minimum atomic E-state index is -1.07. The van der Waals surface area contributed by atoms with Gasteiger partial charge in [0.2, 0.25) is 0 Å². The maximum absolute atomic E-state index is 13.6. The monoisotopic (exact) mass is 492 g/mol. The number of nitrogens with zero attached hydrogens (tertiary/aromatic N) is 1. The van der Waals surface area contributed by atoms with Crippen molar-refractivity contribution >= 4 is 35.3 Å². The van der Waals surface area contributed by atoms with Crippen molar-refractivity contribution in [2.75, 3.05) is 23.8 Å². The van der Waals surface area contributed by atoms with E-state index in [9.17, 15) is 18.8 Å². The van der Waals surface area contributed by atoms with Gasteiger partial charge in [0.15, 0.2) is 18.1 Å². The summed E-state index contributed by atoms with van der Waals surface area (Å²) in [5, 5.41) is 8.66. The summed E-state index contributed by atoms with van der Waals surface area (Å²) in [5.74, 6) is -2.42. The molecule has 0 heterocycles.